The van der Waals surface area contributed by atoms with Gasteiger partial charge in [-0.05, 0) is 39.2 Å². The van der Waals surface area contributed by atoms with E-state index in [1.165, 1.54) is 4.88 Å². The Morgan fingerprint density at radius 2 is 2.14 bits per heavy atom. The molecule has 122 valence electrons. The average Bonchev–Trinajstić information content (AvgIpc) is 3.10. The average molecular weight is 323 g/mol. The van der Waals surface area contributed by atoms with Gasteiger partial charge in [0.15, 0.2) is 0 Å². The minimum Gasteiger partial charge on any atom is -0.383 e. The Morgan fingerprint density at radius 3 is 2.82 bits per heavy atom. The van der Waals surface area contributed by atoms with Crippen molar-refractivity contribution in [2.75, 3.05) is 33.4 Å². The van der Waals surface area contributed by atoms with E-state index in [4.69, 9.17) is 4.74 Å². The highest BCUT2D eigenvalue weighted by atomic mass is 32.1. The molecular weight excluding hydrogens is 298 g/mol. The number of rotatable bonds is 5. The van der Waals surface area contributed by atoms with Crippen molar-refractivity contribution in [3.8, 4) is 0 Å². The number of thiazole rings is 1. The number of hydrogen-bond donors (Lipinski definition) is 0. The number of carbonyl (C=O) groups excluding carboxylic acids is 1. The molecule has 1 spiro atoms. The number of ether oxygens (including phenoxy) is 1. The standard InChI is InChI=1S/C16H25N3O2S/c1-13-14(22-12-17-13)11-19-8-4-6-16(19)5-3-7-18(15(16)20)9-10-21-2/h12H,3-11H2,1-2H3. The molecule has 0 saturated carbocycles. The Labute approximate surface area is 136 Å². The Bertz CT molecular complexity index is 533. The van der Waals surface area contributed by atoms with Crippen molar-refractivity contribution in [1.29, 1.82) is 0 Å². The normalized spacial score (nSPS) is 26.3. The predicted octanol–water partition coefficient (Wildman–Crippen LogP) is 2.05. The van der Waals surface area contributed by atoms with E-state index in [1.807, 2.05) is 10.4 Å². The molecule has 2 fully saturated rings. The molecule has 6 heteroatoms. The Kier molecular flexibility index (Phi) is 4.80. The van der Waals surface area contributed by atoms with Crippen molar-refractivity contribution >= 4 is 17.2 Å². The second-order valence-corrected chi connectivity index (χ2v) is 7.25. The number of aromatic nitrogens is 1. The van der Waals surface area contributed by atoms with Gasteiger partial charge in [-0.2, -0.15) is 0 Å². The van der Waals surface area contributed by atoms with Crippen LogP contribution in [0.1, 0.15) is 36.3 Å². The van der Waals surface area contributed by atoms with Crippen molar-refractivity contribution in [3.63, 3.8) is 0 Å². The first-order valence-corrected chi connectivity index (χ1v) is 8.98. The van der Waals surface area contributed by atoms with Crippen LogP contribution in [0.4, 0.5) is 0 Å². The van der Waals surface area contributed by atoms with E-state index < -0.39 is 0 Å². The van der Waals surface area contributed by atoms with Gasteiger partial charge in [0.2, 0.25) is 5.91 Å². The van der Waals surface area contributed by atoms with E-state index in [-0.39, 0.29) is 5.54 Å². The van der Waals surface area contributed by atoms with Gasteiger partial charge in [-0.15, -0.1) is 11.3 Å². The highest BCUT2D eigenvalue weighted by Crippen LogP contribution is 2.39. The molecule has 22 heavy (non-hydrogen) atoms. The lowest BCUT2D eigenvalue weighted by molar-refractivity contribution is -0.148. The summed E-state index contributed by atoms with van der Waals surface area (Å²) in [6, 6.07) is 0. The lowest BCUT2D eigenvalue weighted by Gasteiger charge is -2.44. The molecule has 1 atom stereocenters. The molecule has 1 aromatic heterocycles. The summed E-state index contributed by atoms with van der Waals surface area (Å²) in [6.07, 6.45) is 4.19. The van der Waals surface area contributed by atoms with Crippen molar-refractivity contribution < 1.29 is 9.53 Å². The van der Waals surface area contributed by atoms with Gasteiger partial charge < -0.3 is 9.64 Å². The summed E-state index contributed by atoms with van der Waals surface area (Å²) in [5.41, 5.74) is 2.73. The molecule has 0 aromatic carbocycles. The van der Waals surface area contributed by atoms with E-state index in [0.717, 1.165) is 51.0 Å². The van der Waals surface area contributed by atoms with Crippen molar-refractivity contribution in [2.45, 2.75) is 44.7 Å². The van der Waals surface area contributed by atoms with Crippen LogP contribution in [0.2, 0.25) is 0 Å². The smallest absolute Gasteiger partial charge is 0.243 e. The number of piperidine rings is 1. The molecule has 0 radical (unpaired) electrons. The highest BCUT2D eigenvalue weighted by Gasteiger charge is 2.50. The van der Waals surface area contributed by atoms with Gasteiger partial charge in [-0.3, -0.25) is 9.69 Å². The lowest BCUT2D eigenvalue weighted by Crippen LogP contribution is -2.60. The van der Waals surface area contributed by atoms with Crippen LogP contribution in [0, 0.1) is 6.92 Å². The molecule has 3 rings (SSSR count). The van der Waals surface area contributed by atoms with E-state index >= 15 is 0 Å². The summed E-state index contributed by atoms with van der Waals surface area (Å²) >= 11 is 1.70. The maximum absolute atomic E-state index is 13.1. The zero-order valence-electron chi connectivity index (χ0n) is 13.5. The van der Waals surface area contributed by atoms with Crippen LogP contribution in [0.25, 0.3) is 0 Å². The summed E-state index contributed by atoms with van der Waals surface area (Å²) in [5, 5.41) is 0. The minimum atomic E-state index is -0.275. The summed E-state index contributed by atoms with van der Waals surface area (Å²) in [5.74, 6) is 0.315. The SMILES string of the molecule is COCCN1CCCC2(CCCN2Cc2scnc2C)C1=O. The number of methoxy groups -OCH3 is 1. The largest absolute Gasteiger partial charge is 0.383 e. The molecular formula is C16H25N3O2S. The van der Waals surface area contributed by atoms with Gasteiger partial charge in [-0.1, -0.05) is 0 Å². The van der Waals surface area contributed by atoms with Crippen LogP contribution in [-0.4, -0.2) is 59.6 Å². The zero-order chi connectivity index (χ0) is 15.6. The van der Waals surface area contributed by atoms with Gasteiger partial charge in [0, 0.05) is 31.6 Å². The first-order chi connectivity index (χ1) is 10.7. The molecule has 2 saturated heterocycles. The maximum Gasteiger partial charge on any atom is 0.243 e. The number of hydrogen-bond acceptors (Lipinski definition) is 5. The fourth-order valence-electron chi connectivity index (χ4n) is 3.82. The number of nitrogens with zero attached hydrogens (tertiary/aromatic N) is 3. The fraction of sp³-hybridized carbons (Fsp3) is 0.750. The van der Waals surface area contributed by atoms with Crippen LogP contribution < -0.4 is 0 Å². The van der Waals surface area contributed by atoms with E-state index in [1.54, 1.807) is 18.4 Å². The molecule has 5 nitrogen and oxygen atoms in total. The van der Waals surface area contributed by atoms with E-state index in [2.05, 4.69) is 16.8 Å². The summed E-state index contributed by atoms with van der Waals surface area (Å²) in [7, 11) is 1.69. The molecule has 0 bridgehead atoms. The van der Waals surface area contributed by atoms with Gasteiger partial charge >= 0.3 is 0 Å². The van der Waals surface area contributed by atoms with Crippen molar-refractivity contribution in [3.05, 3.63) is 16.1 Å². The topological polar surface area (TPSA) is 45.7 Å². The first kappa shape index (κ1) is 15.9. The van der Waals surface area contributed by atoms with Crippen molar-refractivity contribution in [1.82, 2.24) is 14.8 Å². The quantitative estimate of drug-likeness (QED) is 0.832. The third kappa shape index (κ3) is 2.79. The number of carbonyl (C=O) groups is 1. The van der Waals surface area contributed by atoms with Crippen LogP contribution in [0.15, 0.2) is 5.51 Å². The molecule has 3 heterocycles. The molecule has 1 unspecified atom stereocenters. The second kappa shape index (κ2) is 6.64. The fourth-order valence-corrected chi connectivity index (χ4v) is 4.61. The summed E-state index contributed by atoms with van der Waals surface area (Å²) < 4.78 is 5.16. The molecule has 2 aliphatic heterocycles. The third-order valence-corrected chi connectivity index (χ3v) is 5.99. The number of likely N-dealkylation sites (tertiary alicyclic amines) is 2. The molecule has 0 N–H and O–H groups in total. The highest BCUT2D eigenvalue weighted by molar-refractivity contribution is 7.09. The second-order valence-electron chi connectivity index (χ2n) is 6.31. The van der Waals surface area contributed by atoms with Crippen LogP contribution in [0.5, 0.6) is 0 Å². The monoisotopic (exact) mass is 323 g/mol. The molecule has 2 aliphatic rings. The Balaban J connectivity index is 1.77. The summed E-state index contributed by atoms with van der Waals surface area (Å²) in [6.45, 7) is 6.14. The molecule has 0 aliphatic carbocycles. The summed E-state index contributed by atoms with van der Waals surface area (Å²) in [4.78, 5) is 23.2. The number of amides is 1. The van der Waals surface area contributed by atoms with Crippen LogP contribution in [-0.2, 0) is 16.1 Å². The van der Waals surface area contributed by atoms with Gasteiger partial charge in [0.25, 0.3) is 0 Å². The number of aryl methyl sites for hydroxylation is 1. The molecule has 1 aromatic rings. The Morgan fingerprint density at radius 1 is 1.36 bits per heavy atom. The third-order valence-electron chi connectivity index (χ3n) is 5.07. The lowest BCUT2D eigenvalue weighted by atomic mass is 9.85. The maximum atomic E-state index is 13.1. The van der Waals surface area contributed by atoms with Gasteiger partial charge in [-0.25, -0.2) is 4.98 Å². The predicted molar refractivity (Wildman–Crippen MR) is 86.9 cm³/mol. The zero-order valence-corrected chi connectivity index (χ0v) is 14.3. The first-order valence-electron chi connectivity index (χ1n) is 8.10. The van der Waals surface area contributed by atoms with Gasteiger partial charge in [0.1, 0.15) is 5.54 Å². The van der Waals surface area contributed by atoms with Crippen molar-refractivity contribution in [2.24, 2.45) is 0 Å². The molecule has 1 amide bonds. The van der Waals surface area contributed by atoms with Gasteiger partial charge in [0.05, 0.1) is 17.8 Å². The Hall–Kier alpha value is -0.980. The van der Waals surface area contributed by atoms with Crippen LogP contribution >= 0.6 is 11.3 Å². The van der Waals surface area contributed by atoms with Crippen LogP contribution in [0.3, 0.4) is 0 Å². The van der Waals surface area contributed by atoms with E-state index in [0.29, 0.717) is 19.1 Å². The van der Waals surface area contributed by atoms with E-state index in [9.17, 15) is 4.79 Å². The minimum absolute atomic E-state index is 0.275.